The van der Waals surface area contributed by atoms with E-state index >= 15 is 0 Å². The van der Waals surface area contributed by atoms with Gasteiger partial charge in [-0.15, -0.1) is 0 Å². The van der Waals surface area contributed by atoms with Crippen LogP contribution >= 0.6 is 12.2 Å². The van der Waals surface area contributed by atoms with E-state index < -0.39 is 23.7 Å². The predicted octanol–water partition coefficient (Wildman–Crippen LogP) is 0.816. The van der Waals surface area contributed by atoms with Gasteiger partial charge in [0.2, 0.25) is 5.91 Å². The summed E-state index contributed by atoms with van der Waals surface area (Å²) in [5.41, 5.74) is 0.949. The van der Waals surface area contributed by atoms with Crippen LogP contribution in [0, 0.1) is 5.92 Å². The van der Waals surface area contributed by atoms with Gasteiger partial charge in [0.05, 0.1) is 17.3 Å². The van der Waals surface area contributed by atoms with Crippen molar-refractivity contribution in [3.63, 3.8) is 0 Å². The van der Waals surface area contributed by atoms with Crippen LogP contribution in [0.25, 0.3) is 0 Å². The summed E-state index contributed by atoms with van der Waals surface area (Å²) in [6.45, 7) is 0. The Morgan fingerprint density at radius 2 is 1.77 bits per heavy atom. The molecule has 8 heteroatoms. The number of aromatic carboxylic acids is 1. The van der Waals surface area contributed by atoms with Crippen molar-refractivity contribution in [3.8, 4) is 0 Å². The van der Waals surface area contributed by atoms with Gasteiger partial charge in [0.1, 0.15) is 0 Å². The van der Waals surface area contributed by atoms with Gasteiger partial charge in [-0.3, -0.25) is 19.5 Å². The molecule has 26 heavy (non-hydrogen) atoms. The molecule has 130 valence electrons. The maximum absolute atomic E-state index is 12.7. The number of amides is 2. The first-order valence-corrected chi connectivity index (χ1v) is 7.97. The SMILES string of the molecule is O=C([O-])c1ccc(N=C[C@H]2C(=O)NC(=S)N(c3ccccc3)C2=O)cc1. The number of aliphatic imine (C=N–C) groups is 1. The second kappa shape index (κ2) is 7.24. The molecule has 7 nitrogen and oxygen atoms in total. The smallest absolute Gasteiger partial charge is 0.251 e. The largest absolute Gasteiger partial charge is 0.545 e. The third-order valence-corrected chi connectivity index (χ3v) is 3.98. The molecule has 1 heterocycles. The average molecular weight is 366 g/mol. The standard InChI is InChI=1S/C18H13N3O4S/c22-15-14(10-19-12-8-6-11(7-9-12)17(24)25)16(23)21(18(26)20-15)13-4-2-1-3-5-13/h1-10,14H,(H,24,25)(H,20,22,26)/p-1/t14-/m0/s1. The Labute approximate surface area is 154 Å². The van der Waals surface area contributed by atoms with Crippen molar-refractivity contribution in [3.05, 3.63) is 60.2 Å². The van der Waals surface area contributed by atoms with Crippen LogP contribution in [0.15, 0.2) is 59.6 Å². The Kier molecular flexibility index (Phi) is 4.85. The molecule has 0 aromatic heterocycles. The number of carbonyl (C=O) groups excluding carboxylic acids is 3. The van der Waals surface area contributed by atoms with Gasteiger partial charge in [0.25, 0.3) is 5.91 Å². The minimum absolute atomic E-state index is 0.00848. The second-order valence-corrected chi connectivity index (χ2v) is 5.78. The molecule has 1 aliphatic rings. The molecule has 2 aromatic rings. The fourth-order valence-electron chi connectivity index (χ4n) is 2.39. The minimum Gasteiger partial charge on any atom is -0.545 e. The first-order chi connectivity index (χ1) is 12.5. The van der Waals surface area contributed by atoms with Crippen LogP contribution in [0.5, 0.6) is 0 Å². The molecule has 0 aliphatic carbocycles. The third kappa shape index (κ3) is 3.50. The molecule has 0 radical (unpaired) electrons. The lowest BCUT2D eigenvalue weighted by atomic mass is 10.1. The highest BCUT2D eigenvalue weighted by atomic mass is 32.1. The zero-order valence-corrected chi connectivity index (χ0v) is 14.1. The summed E-state index contributed by atoms with van der Waals surface area (Å²) in [6.07, 6.45) is 1.21. The Morgan fingerprint density at radius 1 is 1.12 bits per heavy atom. The summed E-state index contributed by atoms with van der Waals surface area (Å²) in [5, 5.41) is 13.2. The summed E-state index contributed by atoms with van der Waals surface area (Å²) in [7, 11) is 0. The lowest BCUT2D eigenvalue weighted by Gasteiger charge is -2.30. The number of nitrogens with one attached hydrogen (secondary N) is 1. The summed E-state index contributed by atoms with van der Waals surface area (Å²) in [4.78, 5) is 40.9. The minimum atomic E-state index is -1.30. The normalized spacial score (nSPS) is 17.5. The van der Waals surface area contributed by atoms with E-state index in [9.17, 15) is 19.5 Å². The Balaban J connectivity index is 1.84. The van der Waals surface area contributed by atoms with Crippen molar-refractivity contribution in [2.24, 2.45) is 10.9 Å². The number of carboxylic acids is 1. The van der Waals surface area contributed by atoms with Crippen LogP contribution in [0.4, 0.5) is 11.4 Å². The van der Waals surface area contributed by atoms with Crippen LogP contribution < -0.4 is 15.3 Å². The van der Waals surface area contributed by atoms with Crippen LogP contribution in [-0.2, 0) is 9.59 Å². The predicted molar refractivity (Wildman–Crippen MR) is 97.1 cm³/mol. The van der Waals surface area contributed by atoms with E-state index in [1.165, 1.54) is 35.4 Å². The molecule has 1 fully saturated rings. The molecule has 1 N–H and O–H groups in total. The fraction of sp³-hybridized carbons (Fsp3) is 0.0556. The second-order valence-electron chi connectivity index (χ2n) is 5.39. The fourth-order valence-corrected chi connectivity index (χ4v) is 2.68. The van der Waals surface area contributed by atoms with E-state index in [2.05, 4.69) is 10.3 Å². The van der Waals surface area contributed by atoms with E-state index in [1.807, 2.05) is 0 Å². The Morgan fingerprint density at radius 3 is 2.38 bits per heavy atom. The van der Waals surface area contributed by atoms with Gasteiger partial charge in [-0.2, -0.15) is 0 Å². The van der Waals surface area contributed by atoms with Gasteiger partial charge < -0.3 is 15.2 Å². The van der Waals surface area contributed by atoms with E-state index in [0.29, 0.717) is 11.4 Å². The molecule has 2 aromatic carbocycles. The Bertz CT molecular complexity index is 910. The van der Waals surface area contributed by atoms with Crippen LogP contribution in [0.1, 0.15) is 10.4 Å². The molecule has 0 spiro atoms. The number of para-hydroxylation sites is 1. The molecular weight excluding hydrogens is 354 g/mol. The van der Waals surface area contributed by atoms with Gasteiger partial charge in [-0.05, 0) is 42.0 Å². The molecule has 3 rings (SSSR count). The van der Waals surface area contributed by atoms with E-state index in [1.54, 1.807) is 30.3 Å². The highest BCUT2D eigenvalue weighted by Gasteiger charge is 2.38. The van der Waals surface area contributed by atoms with Crippen LogP contribution in [0.3, 0.4) is 0 Å². The van der Waals surface area contributed by atoms with Gasteiger partial charge in [-0.25, -0.2) is 0 Å². The molecule has 0 saturated carbocycles. The van der Waals surface area contributed by atoms with Crippen molar-refractivity contribution in [2.45, 2.75) is 0 Å². The topological polar surface area (TPSA) is 102 Å². The van der Waals surface area contributed by atoms with Gasteiger partial charge in [0.15, 0.2) is 11.0 Å². The van der Waals surface area contributed by atoms with Crippen LogP contribution in [0.2, 0.25) is 0 Å². The molecule has 1 saturated heterocycles. The number of anilines is 1. The number of benzene rings is 2. The maximum Gasteiger partial charge on any atom is 0.251 e. The number of hydrogen-bond donors (Lipinski definition) is 1. The van der Waals surface area contributed by atoms with E-state index in [-0.39, 0.29) is 10.7 Å². The average Bonchev–Trinajstić information content (AvgIpc) is 2.62. The van der Waals surface area contributed by atoms with Crippen molar-refractivity contribution in [1.29, 1.82) is 0 Å². The third-order valence-electron chi connectivity index (χ3n) is 3.69. The Hall–Kier alpha value is -3.39. The zero-order chi connectivity index (χ0) is 18.7. The maximum atomic E-state index is 12.7. The van der Waals surface area contributed by atoms with Crippen LogP contribution in [-0.4, -0.2) is 29.1 Å². The number of nitrogens with zero attached hydrogens (tertiary/aromatic N) is 2. The molecule has 1 aliphatic heterocycles. The molecule has 2 amide bonds. The highest BCUT2D eigenvalue weighted by molar-refractivity contribution is 7.80. The number of hydrogen-bond acceptors (Lipinski definition) is 6. The number of rotatable bonds is 4. The monoisotopic (exact) mass is 366 g/mol. The van der Waals surface area contributed by atoms with Crippen molar-refractivity contribution in [2.75, 3.05) is 4.90 Å². The lowest BCUT2D eigenvalue weighted by molar-refractivity contribution is -0.255. The lowest BCUT2D eigenvalue weighted by Crippen LogP contribution is -2.58. The molecular formula is C18H12N3O4S-. The number of carbonyl (C=O) groups is 3. The van der Waals surface area contributed by atoms with Gasteiger partial charge in [0, 0.05) is 6.21 Å². The summed E-state index contributed by atoms with van der Waals surface area (Å²) < 4.78 is 0. The summed E-state index contributed by atoms with van der Waals surface area (Å²) >= 11 is 5.10. The highest BCUT2D eigenvalue weighted by Crippen LogP contribution is 2.20. The summed E-state index contributed by atoms with van der Waals surface area (Å²) in [6, 6.07) is 14.3. The first kappa shape index (κ1) is 17.4. The number of carboxylic acid groups (broad SMARTS) is 1. The molecule has 0 bridgehead atoms. The van der Waals surface area contributed by atoms with Crippen molar-refractivity contribution in [1.82, 2.24) is 5.32 Å². The quantitative estimate of drug-likeness (QED) is 0.490. The first-order valence-electron chi connectivity index (χ1n) is 7.57. The van der Waals surface area contributed by atoms with Gasteiger partial charge in [-0.1, -0.05) is 30.3 Å². The van der Waals surface area contributed by atoms with E-state index in [0.717, 1.165) is 0 Å². The zero-order valence-electron chi connectivity index (χ0n) is 13.3. The van der Waals surface area contributed by atoms with Crippen molar-refractivity contribution < 1.29 is 19.5 Å². The molecule has 1 atom stereocenters. The molecule has 0 unspecified atom stereocenters. The van der Waals surface area contributed by atoms with Crippen molar-refractivity contribution >= 4 is 52.7 Å². The summed E-state index contributed by atoms with van der Waals surface area (Å²) in [5.74, 6) is -3.53. The number of thiocarbonyl (C=S) groups is 1. The van der Waals surface area contributed by atoms with Gasteiger partial charge >= 0.3 is 0 Å². The van der Waals surface area contributed by atoms with E-state index in [4.69, 9.17) is 12.2 Å².